The third-order valence-corrected chi connectivity index (χ3v) is 4.91. The van der Waals surface area contributed by atoms with Crippen LogP contribution in [-0.4, -0.2) is 37.4 Å². The number of cyclic esters (lactones) is 1. The molecule has 1 unspecified atom stereocenters. The van der Waals surface area contributed by atoms with E-state index < -0.39 is 23.8 Å². The van der Waals surface area contributed by atoms with Crippen molar-refractivity contribution in [1.82, 2.24) is 5.32 Å². The molecular formula is C21H24F2N2O3S. The number of carbonyl (C=O) groups excluding carboxylic acids is 2. The van der Waals surface area contributed by atoms with E-state index in [9.17, 15) is 18.4 Å². The molecule has 0 spiro atoms. The third kappa shape index (κ3) is 5.47. The fourth-order valence-corrected chi connectivity index (χ4v) is 3.25. The van der Waals surface area contributed by atoms with Crippen molar-refractivity contribution in [2.75, 3.05) is 24.2 Å². The van der Waals surface area contributed by atoms with Gasteiger partial charge in [-0.25, -0.2) is 13.6 Å². The van der Waals surface area contributed by atoms with Crippen LogP contribution >= 0.6 is 11.8 Å². The number of halogens is 2. The maximum atomic E-state index is 14.6. The van der Waals surface area contributed by atoms with Crippen LogP contribution < -0.4 is 10.2 Å². The van der Waals surface area contributed by atoms with Crippen molar-refractivity contribution in [2.45, 2.75) is 31.8 Å². The Bertz CT molecular complexity index is 852. The van der Waals surface area contributed by atoms with Crippen LogP contribution in [0, 0.1) is 11.6 Å². The van der Waals surface area contributed by atoms with E-state index in [1.807, 2.05) is 20.1 Å². The Hall–Kier alpha value is -2.61. The molecule has 1 atom stereocenters. The van der Waals surface area contributed by atoms with Crippen LogP contribution in [0.4, 0.5) is 19.3 Å². The maximum Gasteiger partial charge on any atom is 0.414 e. The average Bonchev–Trinajstić information content (AvgIpc) is 3.08. The molecule has 2 aromatic rings. The van der Waals surface area contributed by atoms with E-state index in [-0.39, 0.29) is 30.2 Å². The van der Waals surface area contributed by atoms with Crippen molar-refractivity contribution >= 4 is 29.4 Å². The number of amides is 2. The average molecular weight is 422 g/mol. The smallest absolute Gasteiger partial charge is 0.414 e. The van der Waals surface area contributed by atoms with E-state index in [0.717, 1.165) is 21.9 Å². The lowest BCUT2D eigenvalue weighted by Crippen LogP contribution is -2.33. The zero-order valence-corrected chi connectivity index (χ0v) is 17.6. The summed E-state index contributed by atoms with van der Waals surface area (Å²) in [6, 6.07) is 9.11. The quantitative estimate of drug-likeness (QED) is 0.701. The van der Waals surface area contributed by atoms with Crippen LogP contribution in [0.2, 0.25) is 0 Å². The van der Waals surface area contributed by atoms with Gasteiger partial charge in [0.25, 0.3) is 0 Å². The Morgan fingerprint density at radius 2 is 1.79 bits per heavy atom. The zero-order chi connectivity index (χ0) is 21.6. The minimum absolute atomic E-state index is 0.0739. The largest absolute Gasteiger partial charge is 0.442 e. The molecular weight excluding hydrogens is 398 g/mol. The van der Waals surface area contributed by atoms with Gasteiger partial charge in [-0.05, 0) is 36.1 Å². The summed E-state index contributed by atoms with van der Waals surface area (Å²) in [4.78, 5) is 25.1. The van der Waals surface area contributed by atoms with Crippen molar-refractivity contribution in [3.8, 4) is 11.1 Å². The second kappa shape index (κ2) is 10.2. The van der Waals surface area contributed by atoms with Gasteiger partial charge < -0.3 is 10.1 Å². The van der Waals surface area contributed by atoms with Crippen LogP contribution in [0.15, 0.2) is 41.3 Å². The number of benzene rings is 2. The van der Waals surface area contributed by atoms with Gasteiger partial charge in [0.1, 0.15) is 17.7 Å². The van der Waals surface area contributed by atoms with Gasteiger partial charge in [-0.15, -0.1) is 11.8 Å². The molecule has 8 heteroatoms. The molecule has 1 saturated heterocycles. The molecule has 0 saturated carbocycles. The van der Waals surface area contributed by atoms with Crippen molar-refractivity contribution in [3.63, 3.8) is 0 Å². The number of ether oxygens (including phenoxy) is 1. The van der Waals surface area contributed by atoms with Gasteiger partial charge in [-0.1, -0.05) is 26.0 Å². The van der Waals surface area contributed by atoms with Crippen molar-refractivity contribution in [1.29, 1.82) is 0 Å². The van der Waals surface area contributed by atoms with Crippen molar-refractivity contribution < 1.29 is 23.1 Å². The summed E-state index contributed by atoms with van der Waals surface area (Å²) >= 11 is 1.53. The molecule has 1 fully saturated rings. The number of hydrogen-bond donors (Lipinski definition) is 1. The molecule has 1 heterocycles. The van der Waals surface area contributed by atoms with E-state index in [1.54, 1.807) is 24.3 Å². The molecule has 156 valence electrons. The van der Waals surface area contributed by atoms with E-state index in [2.05, 4.69) is 5.32 Å². The maximum absolute atomic E-state index is 14.6. The molecule has 1 N–H and O–H groups in total. The summed E-state index contributed by atoms with van der Waals surface area (Å²) in [7, 11) is 0. The summed E-state index contributed by atoms with van der Waals surface area (Å²) < 4.78 is 34.4. The summed E-state index contributed by atoms with van der Waals surface area (Å²) in [6.45, 7) is 5.59. The van der Waals surface area contributed by atoms with E-state index in [0.29, 0.717) is 5.56 Å². The van der Waals surface area contributed by atoms with Gasteiger partial charge in [0, 0.05) is 11.8 Å². The van der Waals surface area contributed by atoms with Crippen LogP contribution in [0.25, 0.3) is 11.1 Å². The molecule has 2 amide bonds. The number of hydrogen-bond acceptors (Lipinski definition) is 4. The Labute approximate surface area is 173 Å². The Morgan fingerprint density at radius 1 is 1.21 bits per heavy atom. The molecule has 0 radical (unpaired) electrons. The van der Waals surface area contributed by atoms with E-state index in [4.69, 9.17) is 4.74 Å². The highest BCUT2D eigenvalue weighted by Crippen LogP contribution is 2.32. The van der Waals surface area contributed by atoms with Gasteiger partial charge in [-0.3, -0.25) is 9.69 Å². The van der Waals surface area contributed by atoms with E-state index in [1.165, 1.54) is 18.7 Å². The predicted molar refractivity (Wildman–Crippen MR) is 111 cm³/mol. The summed E-state index contributed by atoms with van der Waals surface area (Å²) in [6.07, 6.45) is 0.631. The summed E-state index contributed by atoms with van der Waals surface area (Å²) in [5.41, 5.74) is 0.348. The minimum atomic E-state index is -0.764. The first-order valence-electron chi connectivity index (χ1n) is 9.25. The molecule has 2 aromatic carbocycles. The number of thioether (sulfide) groups is 1. The molecule has 29 heavy (non-hydrogen) atoms. The number of rotatable bonds is 5. The van der Waals surface area contributed by atoms with Gasteiger partial charge in [0.2, 0.25) is 5.91 Å². The third-order valence-electron chi connectivity index (χ3n) is 4.17. The molecule has 3 rings (SSSR count). The highest BCUT2D eigenvalue weighted by Gasteiger charge is 2.33. The Kier molecular flexibility index (Phi) is 8.01. The highest BCUT2D eigenvalue weighted by molar-refractivity contribution is 7.98. The SMILES string of the molecule is CC.CSc1ccc(-c2c(F)cc(N3CC(CNC(C)=O)OC3=O)cc2F)cc1. The fourth-order valence-electron chi connectivity index (χ4n) is 2.85. The summed E-state index contributed by atoms with van der Waals surface area (Å²) in [5.74, 6) is -1.78. The molecule has 1 aliphatic heterocycles. The number of carbonyl (C=O) groups is 2. The Morgan fingerprint density at radius 3 is 2.31 bits per heavy atom. The number of nitrogens with zero attached hydrogens (tertiary/aromatic N) is 1. The molecule has 0 aliphatic carbocycles. The van der Waals surface area contributed by atoms with Gasteiger partial charge in [0.05, 0.1) is 24.3 Å². The Balaban J connectivity index is 0.00000145. The highest BCUT2D eigenvalue weighted by atomic mass is 32.2. The van der Waals surface area contributed by atoms with Crippen LogP contribution in [0.3, 0.4) is 0 Å². The summed E-state index contributed by atoms with van der Waals surface area (Å²) in [5, 5.41) is 2.55. The molecule has 0 aromatic heterocycles. The first-order valence-corrected chi connectivity index (χ1v) is 10.5. The lowest BCUT2D eigenvalue weighted by atomic mass is 10.0. The van der Waals surface area contributed by atoms with E-state index >= 15 is 0 Å². The minimum Gasteiger partial charge on any atom is -0.442 e. The lowest BCUT2D eigenvalue weighted by Gasteiger charge is -2.15. The van der Waals surface area contributed by atoms with Gasteiger partial charge in [0.15, 0.2) is 0 Å². The fraction of sp³-hybridized carbons (Fsp3) is 0.333. The van der Waals surface area contributed by atoms with Gasteiger partial charge in [-0.2, -0.15) is 0 Å². The number of nitrogens with one attached hydrogen (secondary N) is 1. The predicted octanol–water partition coefficient (Wildman–Crippen LogP) is 4.84. The lowest BCUT2D eigenvalue weighted by molar-refractivity contribution is -0.119. The molecule has 0 bridgehead atoms. The van der Waals surface area contributed by atoms with Crippen molar-refractivity contribution in [2.24, 2.45) is 0 Å². The second-order valence-electron chi connectivity index (χ2n) is 6.07. The topological polar surface area (TPSA) is 58.6 Å². The first-order chi connectivity index (χ1) is 13.9. The molecule has 1 aliphatic rings. The monoisotopic (exact) mass is 422 g/mol. The van der Waals surface area contributed by atoms with Crippen LogP contribution in [0.1, 0.15) is 20.8 Å². The van der Waals surface area contributed by atoms with Gasteiger partial charge >= 0.3 is 6.09 Å². The number of anilines is 1. The first kappa shape index (κ1) is 22.7. The zero-order valence-electron chi connectivity index (χ0n) is 16.8. The second-order valence-corrected chi connectivity index (χ2v) is 6.95. The van der Waals surface area contributed by atoms with Crippen LogP contribution in [0.5, 0.6) is 0 Å². The standard InChI is InChI=1S/C19H18F2N2O3S.C2H6/c1-11(24)22-9-14-10-23(19(25)26-14)13-7-16(20)18(17(21)8-13)12-3-5-15(27-2)6-4-12;1-2/h3-8,14H,9-10H2,1-2H3,(H,22,24);1-2H3. The van der Waals surface area contributed by atoms with Crippen LogP contribution in [-0.2, 0) is 9.53 Å². The molecule has 5 nitrogen and oxygen atoms in total. The van der Waals surface area contributed by atoms with Crippen molar-refractivity contribution in [3.05, 3.63) is 48.0 Å². The normalized spacial score (nSPS) is 15.4.